The zero-order valence-corrected chi connectivity index (χ0v) is 17.7. The van der Waals surface area contributed by atoms with Crippen LogP contribution in [0.15, 0.2) is 42.5 Å². The number of likely N-dealkylation sites (N-methyl/N-ethyl adjacent to an activating group) is 1. The molecule has 29 heavy (non-hydrogen) atoms. The molecule has 0 radical (unpaired) electrons. The Morgan fingerprint density at radius 3 is 2.52 bits per heavy atom. The Bertz CT molecular complexity index is 910. The Labute approximate surface area is 175 Å². The molecule has 0 bridgehead atoms. The summed E-state index contributed by atoms with van der Waals surface area (Å²) in [6.07, 6.45) is 2.75. The van der Waals surface area contributed by atoms with Gasteiger partial charge in [0.2, 0.25) is 0 Å². The third kappa shape index (κ3) is 6.26. The molecule has 0 fully saturated rings. The molecule has 2 aromatic carbocycles. The van der Waals surface area contributed by atoms with E-state index in [0.717, 1.165) is 11.1 Å². The predicted octanol–water partition coefficient (Wildman–Crippen LogP) is 3.88. The van der Waals surface area contributed by atoms with Crippen molar-refractivity contribution in [2.24, 2.45) is 0 Å². The molecule has 154 valence electrons. The van der Waals surface area contributed by atoms with Gasteiger partial charge in [-0.25, -0.2) is 4.79 Å². The zero-order valence-electron chi connectivity index (χ0n) is 16.9. The molecule has 6 nitrogen and oxygen atoms in total. The van der Waals surface area contributed by atoms with E-state index < -0.39 is 5.97 Å². The van der Waals surface area contributed by atoms with Gasteiger partial charge in [-0.3, -0.25) is 4.79 Å². The fraction of sp³-hybridized carbons (Fsp3) is 0.273. The van der Waals surface area contributed by atoms with Crippen LogP contribution < -0.4 is 9.47 Å². The Morgan fingerprint density at radius 1 is 1.14 bits per heavy atom. The van der Waals surface area contributed by atoms with Gasteiger partial charge in [0.15, 0.2) is 18.1 Å². The van der Waals surface area contributed by atoms with E-state index in [0.29, 0.717) is 28.6 Å². The molecule has 0 aliphatic heterocycles. The van der Waals surface area contributed by atoms with E-state index in [4.69, 9.17) is 25.8 Å². The highest BCUT2D eigenvalue weighted by molar-refractivity contribution is 6.32. The van der Waals surface area contributed by atoms with Crippen LogP contribution in [0.5, 0.6) is 11.5 Å². The summed E-state index contributed by atoms with van der Waals surface area (Å²) in [4.78, 5) is 25.7. The van der Waals surface area contributed by atoms with Crippen molar-refractivity contribution in [2.45, 2.75) is 13.5 Å². The lowest BCUT2D eigenvalue weighted by Crippen LogP contribution is -2.30. The largest absolute Gasteiger partial charge is 0.493 e. The fourth-order valence-electron chi connectivity index (χ4n) is 2.62. The standard InChI is InChI=1S/C22H24ClNO5/c1-15-7-5-6-8-17(15)13-24(2)20(25)14-29-21(26)10-9-16-11-18(23)22(28-4)19(12-16)27-3/h5-12H,13-14H2,1-4H3/b10-9+. The minimum Gasteiger partial charge on any atom is -0.493 e. The summed E-state index contributed by atoms with van der Waals surface area (Å²) < 4.78 is 15.4. The maximum absolute atomic E-state index is 12.2. The molecule has 2 rings (SSSR count). The SMILES string of the molecule is COc1cc(/C=C/C(=O)OCC(=O)N(C)Cc2ccccc2C)cc(Cl)c1OC. The molecular weight excluding hydrogens is 394 g/mol. The number of methoxy groups -OCH3 is 2. The van der Waals surface area contributed by atoms with Crippen LogP contribution in [0.1, 0.15) is 16.7 Å². The second kappa shape index (κ2) is 10.5. The van der Waals surface area contributed by atoms with Gasteiger partial charge in [0, 0.05) is 19.7 Å². The van der Waals surface area contributed by atoms with E-state index in [1.54, 1.807) is 19.2 Å². The number of esters is 1. The minimum atomic E-state index is -0.631. The van der Waals surface area contributed by atoms with Crippen LogP contribution in [0.2, 0.25) is 5.02 Å². The molecule has 7 heteroatoms. The van der Waals surface area contributed by atoms with Crippen LogP contribution in [0.3, 0.4) is 0 Å². The lowest BCUT2D eigenvalue weighted by Gasteiger charge is -2.18. The molecule has 0 aromatic heterocycles. The molecule has 0 atom stereocenters. The number of rotatable bonds is 8. The number of carbonyl (C=O) groups excluding carboxylic acids is 2. The number of aryl methyl sites for hydroxylation is 1. The average Bonchev–Trinajstić information content (AvgIpc) is 2.71. The Hall–Kier alpha value is -2.99. The first-order valence-corrected chi connectivity index (χ1v) is 9.28. The first-order valence-electron chi connectivity index (χ1n) is 8.90. The van der Waals surface area contributed by atoms with Gasteiger partial charge >= 0.3 is 5.97 Å². The second-order valence-electron chi connectivity index (χ2n) is 6.36. The summed E-state index contributed by atoms with van der Waals surface area (Å²) >= 11 is 6.14. The van der Waals surface area contributed by atoms with Crippen molar-refractivity contribution >= 4 is 29.6 Å². The van der Waals surface area contributed by atoms with Crippen LogP contribution in [-0.2, 0) is 20.9 Å². The summed E-state index contributed by atoms with van der Waals surface area (Å²) in [7, 11) is 4.66. The second-order valence-corrected chi connectivity index (χ2v) is 6.76. The summed E-state index contributed by atoms with van der Waals surface area (Å²) in [6, 6.07) is 11.1. The van der Waals surface area contributed by atoms with E-state index in [-0.39, 0.29) is 12.5 Å². The van der Waals surface area contributed by atoms with Gasteiger partial charge in [-0.05, 0) is 41.8 Å². The third-order valence-electron chi connectivity index (χ3n) is 4.30. The van der Waals surface area contributed by atoms with Gasteiger partial charge in [-0.1, -0.05) is 35.9 Å². The molecule has 0 unspecified atom stereocenters. The molecule has 2 aromatic rings. The molecular formula is C22H24ClNO5. The Balaban J connectivity index is 1.91. The smallest absolute Gasteiger partial charge is 0.331 e. The van der Waals surface area contributed by atoms with Gasteiger partial charge in [0.25, 0.3) is 5.91 Å². The highest BCUT2D eigenvalue weighted by atomic mass is 35.5. The predicted molar refractivity (Wildman–Crippen MR) is 112 cm³/mol. The van der Waals surface area contributed by atoms with E-state index >= 15 is 0 Å². The number of nitrogens with zero attached hydrogens (tertiary/aromatic N) is 1. The molecule has 0 saturated heterocycles. The number of amides is 1. The number of ether oxygens (including phenoxy) is 3. The van der Waals surface area contributed by atoms with Crippen molar-refractivity contribution < 1.29 is 23.8 Å². The van der Waals surface area contributed by atoms with Crippen molar-refractivity contribution in [3.63, 3.8) is 0 Å². The van der Waals surface area contributed by atoms with Crippen molar-refractivity contribution in [1.82, 2.24) is 4.90 Å². The topological polar surface area (TPSA) is 65.1 Å². The Kier molecular flexibility index (Phi) is 8.09. The number of halogens is 1. The van der Waals surface area contributed by atoms with Crippen molar-refractivity contribution in [2.75, 3.05) is 27.9 Å². The summed E-state index contributed by atoms with van der Waals surface area (Å²) in [6.45, 7) is 2.10. The molecule has 0 N–H and O–H groups in total. The van der Waals surface area contributed by atoms with Crippen molar-refractivity contribution in [1.29, 1.82) is 0 Å². The van der Waals surface area contributed by atoms with Crippen LogP contribution in [0.25, 0.3) is 6.08 Å². The number of benzene rings is 2. The minimum absolute atomic E-state index is 0.288. The number of hydrogen-bond acceptors (Lipinski definition) is 5. The lowest BCUT2D eigenvalue weighted by atomic mass is 10.1. The van der Waals surface area contributed by atoms with Crippen LogP contribution in [0.4, 0.5) is 0 Å². The summed E-state index contributed by atoms with van der Waals surface area (Å²) in [5.41, 5.74) is 2.77. The average molecular weight is 418 g/mol. The molecule has 0 aliphatic rings. The maximum Gasteiger partial charge on any atom is 0.331 e. The fourth-order valence-corrected chi connectivity index (χ4v) is 2.92. The van der Waals surface area contributed by atoms with Crippen LogP contribution >= 0.6 is 11.6 Å². The maximum atomic E-state index is 12.2. The van der Waals surface area contributed by atoms with Gasteiger partial charge in [0.05, 0.1) is 19.2 Å². The Morgan fingerprint density at radius 2 is 1.86 bits per heavy atom. The van der Waals surface area contributed by atoms with Crippen molar-refractivity contribution in [3.8, 4) is 11.5 Å². The number of hydrogen-bond donors (Lipinski definition) is 0. The van der Waals surface area contributed by atoms with E-state index in [1.165, 1.54) is 31.3 Å². The third-order valence-corrected chi connectivity index (χ3v) is 4.58. The lowest BCUT2D eigenvalue weighted by molar-refractivity contribution is -0.147. The molecule has 0 aliphatic carbocycles. The van der Waals surface area contributed by atoms with Crippen LogP contribution in [0, 0.1) is 6.92 Å². The molecule has 0 spiro atoms. The molecule has 1 amide bonds. The van der Waals surface area contributed by atoms with E-state index in [1.807, 2.05) is 31.2 Å². The van der Waals surface area contributed by atoms with Crippen LogP contribution in [-0.4, -0.2) is 44.7 Å². The first-order chi connectivity index (χ1) is 13.8. The highest BCUT2D eigenvalue weighted by Gasteiger charge is 2.13. The van der Waals surface area contributed by atoms with Crippen molar-refractivity contribution in [3.05, 3.63) is 64.2 Å². The van der Waals surface area contributed by atoms with Gasteiger partial charge in [-0.15, -0.1) is 0 Å². The van der Waals surface area contributed by atoms with E-state index in [9.17, 15) is 9.59 Å². The summed E-state index contributed by atoms with van der Waals surface area (Å²) in [5.74, 6) is -0.0603. The number of carbonyl (C=O) groups is 2. The van der Waals surface area contributed by atoms with Gasteiger partial charge in [-0.2, -0.15) is 0 Å². The normalized spacial score (nSPS) is 10.7. The molecule has 0 heterocycles. The monoisotopic (exact) mass is 417 g/mol. The molecule has 0 saturated carbocycles. The first kappa shape index (κ1) is 22.3. The zero-order chi connectivity index (χ0) is 21.4. The van der Waals surface area contributed by atoms with Gasteiger partial charge in [0.1, 0.15) is 0 Å². The van der Waals surface area contributed by atoms with Gasteiger partial charge < -0.3 is 19.1 Å². The van der Waals surface area contributed by atoms with E-state index in [2.05, 4.69) is 0 Å². The highest BCUT2D eigenvalue weighted by Crippen LogP contribution is 2.36. The summed E-state index contributed by atoms with van der Waals surface area (Å²) in [5, 5.41) is 0.355. The quantitative estimate of drug-likeness (QED) is 0.481.